The first-order valence-corrected chi connectivity index (χ1v) is 13.6. The second-order valence-corrected chi connectivity index (χ2v) is 10.6. The molecule has 12 nitrogen and oxygen atoms in total. The summed E-state index contributed by atoms with van der Waals surface area (Å²) in [7, 11) is -3.85. The number of aromatic nitrogens is 3. The van der Waals surface area contributed by atoms with Crippen LogP contribution < -0.4 is 21.1 Å². The molecule has 5 rings (SSSR count). The third-order valence-electron chi connectivity index (χ3n) is 5.88. The maximum Gasteiger partial charge on any atom is 0.288 e. The van der Waals surface area contributed by atoms with E-state index in [0.29, 0.717) is 37.7 Å². The Labute approximate surface area is 228 Å². The number of nitrogens with zero attached hydrogens (tertiary/aromatic N) is 4. The van der Waals surface area contributed by atoms with Crippen LogP contribution in [-0.4, -0.2) is 60.7 Å². The minimum absolute atomic E-state index is 0.00933. The van der Waals surface area contributed by atoms with Gasteiger partial charge >= 0.3 is 0 Å². The molecular weight excluding hydrogens is 541 g/mol. The van der Waals surface area contributed by atoms with Gasteiger partial charge in [0.15, 0.2) is 11.6 Å². The number of carbonyl (C=O) groups excluding carboxylic acids is 1. The summed E-state index contributed by atoms with van der Waals surface area (Å²) in [6, 6.07) is 14.7. The molecule has 0 radical (unpaired) electrons. The van der Waals surface area contributed by atoms with Crippen molar-refractivity contribution in [2.45, 2.75) is 9.79 Å². The molecule has 1 aliphatic heterocycles. The zero-order valence-electron chi connectivity index (χ0n) is 20.9. The predicted octanol–water partition coefficient (Wildman–Crippen LogP) is 2.89. The Bertz CT molecular complexity index is 1630. The van der Waals surface area contributed by atoms with Crippen molar-refractivity contribution in [1.82, 2.24) is 20.4 Å². The van der Waals surface area contributed by atoms with Gasteiger partial charge in [0.25, 0.3) is 5.91 Å². The minimum Gasteiger partial charge on any atom is -0.508 e. The highest BCUT2D eigenvalue weighted by Crippen LogP contribution is 2.27. The van der Waals surface area contributed by atoms with Gasteiger partial charge in [-0.1, -0.05) is 12.1 Å². The smallest absolute Gasteiger partial charge is 0.288 e. The largest absolute Gasteiger partial charge is 0.508 e. The van der Waals surface area contributed by atoms with Gasteiger partial charge in [-0.25, -0.2) is 22.8 Å². The summed E-state index contributed by atoms with van der Waals surface area (Å²) in [5, 5.41) is 12.7. The number of carbonyl (C=O) groups is 1. The number of hydrazine groups is 1. The lowest BCUT2D eigenvalue weighted by Gasteiger charge is -2.28. The van der Waals surface area contributed by atoms with Crippen molar-refractivity contribution in [3.05, 3.63) is 84.6 Å². The molecule has 2 aromatic carbocycles. The molecule has 3 heterocycles. The molecular formula is C26H24FN7O5S. The van der Waals surface area contributed by atoms with E-state index in [9.17, 15) is 22.7 Å². The van der Waals surface area contributed by atoms with Gasteiger partial charge in [-0.3, -0.25) is 15.6 Å². The molecule has 0 saturated carbocycles. The van der Waals surface area contributed by atoms with Crippen molar-refractivity contribution >= 4 is 38.9 Å². The number of ether oxygens (including phenoxy) is 1. The second kappa shape index (κ2) is 11.5. The topological polar surface area (TPSA) is 159 Å². The highest BCUT2D eigenvalue weighted by Gasteiger charge is 2.20. The number of amides is 1. The van der Waals surface area contributed by atoms with E-state index in [1.807, 2.05) is 0 Å². The van der Waals surface area contributed by atoms with Crippen molar-refractivity contribution in [2.24, 2.45) is 0 Å². The number of rotatable bonds is 8. The van der Waals surface area contributed by atoms with E-state index in [-0.39, 0.29) is 33.0 Å². The molecule has 1 aliphatic rings. The highest BCUT2D eigenvalue weighted by molar-refractivity contribution is 7.91. The molecule has 0 unspecified atom stereocenters. The Kier molecular flexibility index (Phi) is 7.70. The van der Waals surface area contributed by atoms with Gasteiger partial charge in [0.05, 0.1) is 41.1 Å². The Morgan fingerprint density at radius 2 is 1.70 bits per heavy atom. The zero-order valence-corrected chi connectivity index (χ0v) is 21.7. The Morgan fingerprint density at radius 1 is 0.950 bits per heavy atom. The normalized spacial score (nSPS) is 13.5. The summed E-state index contributed by atoms with van der Waals surface area (Å²) < 4.78 is 45.4. The lowest BCUT2D eigenvalue weighted by Crippen LogP contribution is -2.38. The average Bonchev–Trinajstić information content (AvgIpc) is 2.97. The molecule has 1 amide bonds. The fourth-order valence-corrected chi connectivity index (χ4v) is 5.23. The number of hydrogen-bond donors (Lipinski definition) is 4. The van der Waals surface area contributed by atoms with E-state index in [0.717, 1.165) is 6.20 Å². The third kappa shape index (κ3) is 6.08. The van der Waals surface area contributed by atoms with Crippen molar-refractivity contribution in [3.8, 4) is 5.75 Å². The van der Waals surface area contributed by atoms with E-state index < -0.39 is 21.6 Å². The monoisotopic (exact) mass is 565 g/mol. The Balaban J connectivity index is 1.22. The predicted molar refractivity (Wildman–Crippen MR) is 144 cm³/mol. The van der Waals surface area contributed by atoms with Crippen LogP contribution in [0.2, 0.25) is 0 Å². The molecule has 1 fully saturated rings. The van der Waals surface area contributed by atoms with E-state index >= 15 is 0 Å². The quantitative estimate of drug-likeness (QED) is 0.233. The number of sulfone groups is 1. The fourth-order valence-electron chi connectivity index (χ4n) is 3.89. The number of morpholine rings is 1. The number of pyridine rings is 1. The molecule has 40 heavy (non-hydrogen) atoms. The number of phenols is 1. The van der Waals surface area contributed by atoms with Crippen LogP contribution in [0.1, 0.15) is 10.5 Å². The minimum atomic E-state index is -3.85. The Hall–Kier alpha value is -4.82. The first kappa shape index (κ1) is 26.8. The first-order valence-electron chi connectivity index (χ1n) is 12.1. The number of phenolic OH excluding ortho intramolecular Hbond substituents is 1. The highest BCUT2D eigenvalue weighted by atomic mass is 32.2. The van der Waals surface area contributed by atoms with Gasteiger partial charge in [-0.05, 0) is 48.5 Å². The van der Waals surface area contributed by atoms with Gasteiger partial charge in [0.1, 0.15) is 11.4 Å². The SMILES string of the molecule is O=C(NNc1ncc(F)c(N2CCOCC2)n1)c1ccc(Nc2cccc(S(=O)(=O)c3cccc(O)c3)c2)cn1. The van der Waals surface area contributed by atoms with Crippen molar-refractivity contribution in [3.63, 3.8) is 0 Å². The summed E-state index contributed by atoms with van der Waals surface area (Å²) in [6.45, 7) is 1.90. The number of anilines is 4. The van der Waals surface area contributed by atoms with Crippen LogP contribution in [0.3, 0.4) is 0 Å². The average molecular weight is 566 g/mol. The van der Waals surface area contributed by atoms with Gasteiger partial charge in [0, 0.05) is 18.8 Å². The van der Waals surface area contributed by atoms with E-state index in [2.05, 4.69) is 31.1 Å². The Morgan fingerprint density at radius 3 is 2.42 bits per heavy atom. The van der Waals surface area contributed by atoms with Crippen LogP contribution in [0.5, 0.6) is 5.75 Å². The third-order valence-corrected chi connectivity index (χ3v) is 7.63. The number of aromatic hydroxyl groups is 1. The van der Waals surface area contributed by atoms with Crippen LogP contribution >= 0.6 is 0 Å². The summed E-state index contributed by atoms with van der Waals surface area (Å²) in [5.74, 6) is -1.18. The lowest BCUT2D eigenvalue weighted by atomic mass is 10.3. The van der Waals surface area contributed by atoms with Crippen LogP contribution in [0, 0.1) is 5.82 Å². The number of hydrogen-bond acceptors (Lipinski definition) is 11. The van der Waals surface area contributed by atoms with Gasteiger partial charge in [-0.2, -0.15) is 4.98 Å². The molecule has 206 valence electrons. The first-order chi connectivity index (χ1) is 19.3. The van der Waals surface area contributed by atoms with Crippen molar-refractivity contribution in [1.29, 1.82) is 0 Å². The van der Waals surface area contributed by atoms with Gasteiger partial charge < -0.3 is 20.1 Å². The fraction of sp³-hybridized carbons (Fsp3) is 0.154. The van der Waals surface area contributed by atoms with Crippen LogP contribution in [0.25, 0.3) is 0 Å². The summed E-state index contributed by atoms with van der Waals surface area (Å²) >= 11 is 0. The molecule has 4 aromatic rings. The lowest BCUT2D eigenvalue weighted by molar-refractivity contribution is 0.0957. The zero-order chi connectivity index (χ0) is 28.1. The molecule has 14 heteroatoms. The summed E-state index contributed by atoms with van der Waals surface area (Å²) in [5.41, 5.74) is 6.06. The van der Waals surface area contributed by atoms with E-state index in [1.165, 1.54) is 48.7 Å². The number of nitrogens with one attached hydrogen (secondary N) is 3. The number of halogens is 1. The van der Waals surface area contributed by atoms with Crippen LogP contribution in [0.15, 0.2) is 82.8 Å². The molecule has 0 bridgehead atoms. The molecule has 0 spiro atoms. The maximum atomic E-state index is 14.2. The maximum absolute atomic E-state index is 14.2. The van der Waals surface area contributed by atoms with Crippen LogP contribution in [0.4, 0.5) is 27.5 Å². The van der Waals surface area contributed by atoms with Crippen LogP contribution in [-0.2, 0) is 14.6 Å². The van der Waals surface area contributed by atoms with Crippen molar-refractivity contribution in [2.75, 3.05) is 41.9 Å². The molecule has 0 atom stereocenters. The number of benzene rings is 2. The summed E-state index contributed by atoms with van der Waals surface area (Å²) in [6.07, 6.45) is 2.44. The molecule has 1 saturated heterocycles. The van der Waals surface area contributed by atoms with Crippen molar-refractivity contribution < 1.29 is 27.4 Å². The standard InChI is InChI=1S/C26H24FN7O5S/c27-22-16-29-26(31-24(22)34-9-11-39-12-10-34)33-32-25(36)23-8-7-18(15-28-23)30-17-3-1-5-20(13-17)40(37,38)21-6-2-4-19(35)14-21/h1-8,13-16,30,35H,9-12H2,(H,32,36)(H,29,31,33). The molecule has 2 aromatic heterocycles. The van der Waals surface area contributed by atoms with Gasteiger partial charge in [0.2, 0.25) is 15.8 Å². The molecule has 4 N–H and O–H groups in total. The van der Waals surface area contributed by atoms with Gasteiger partial charge in [-0.15, -0.1) is 0 Å². The van der Waals surface area contributed by atoms with E-state index in [1.54, 1.807) is 23.1 Å². The van der Waals surface area contributed by atoms with E-state index in [4.69, 9.17) is 4.74 Å². The summed E-state index contributed by atoms with van der Waals surface area (Å²) in [4.78, 5) is 26.4. The second-order valence-electron chi connectivity index (χ2n) is 8.63. The molecule has 0 aliphatic carbocycles.